The summed E-state index contributed by atoms with van der Waals surface area (Å²) >= 11 is 0. The third-order valence-electron chi connectivity index (χ3n) is 5.43. The fourth-order valence-electron chi connectivity index (χ4n) is 3.62. The summed E-state index contributed by atoms with van der Waals surface area (Å²) in [6.07, 6.45) is 10.1. The second-order valence-electron chi connectivity index (χ2n) is 7.75. The van der Waals surface area contributed by atoms with Gasteiger partial charge in [0.05, 0.1) is 12.1 Å². The molecule has 1 amide bonds. The zero-order valence-corrected chi connectivity index (χ0v) is 16.5. The van der Waals surface area contributed by atoms with Crippen LogP contribution in [0.2, 0.25) is 0 Å². The van der Waals surface area contributed by atoms with E-state index in [1.165, 1.54) is 50.5 Å². The van der Waals surface area contributed by atoms with Gasteiger partial charge in [0.15, 0.2) is 0 Å². The second-order valence-corrected chi connectivity index (χ2v) is 7.75. The number of carbonyl (C=O) groups is 1. The Morgan fingerprint density at radius 1 is 1.19 bits per heavy atom. The zero-order valence-electron chi connectivity index (χ0n) is 16.5. The van der Waals surface area contributed by atoms with E-state index < -0.39 is 0 Å². The minimum Gasteiger partial charge on any atom is -0.393 e. The standard InChI is InChI=1S/C22H36N2O2/c1-3-4-5-6-7-8-9-17(2)18-10-12-19(13-11-18)24-22(26)21-16-20(25)14-15-23-21/h10-13,17,20-21,23,25H,3-9,14-16H2,1-2H3,(H,24,26). The SMILES string of the molecule is CCCCCCCCC(C)c1ccc(NC(=O)C2CC(O)CCN2)cc1. The number of anilines is 1. The molecule has 0 spiro atoms. The fourth-order valence-corrected chi connectivity index (χ4v) is 3.62. The number of carbonyl (C=O) groups excluding carboxylic acids is 1. The molecular weight excluding hydrogens is 324 g/mol. The van der Waals surface area contributed by atoms with Crippen molar-refractivity contribution in [3.63, 3.8) is 0 Å². The van der Waals surface area contributed by atoms with Crippen molar-refractivity contribution < 1.29 is 9.90 Å². The highest BCUT2D eigenvalue weighted by Crippen LogP contribution is 2.24. The van der Waals surface area contributed by atoms with Crippen molar-refractivity contribution in [3.8, 4) is 0 Å². The minimum atomic E-state index is -0.378. The molecule has 3 N–H and O–H groups in total. The molecule has 0 aromatic heterocycles. The van der Waals surface area contributed by atoms with Crippen LogP contribution in [-0.2, 0) is 4.79 Å². The van der Waals surface area contributed by atoms with Crippen LogP contribution < -0.4 is 10.6 Å². The molecule has 0 radical (unpaired) electrons. The van der Waals surface area contributed by atoms with Crippen molar-refractivity contribution in [1.29, 1.82) is 0 Å². The van der Waals surface area contributed by atoms with Gasteiger partial charge in [0.2, 0.25) is 5.91 Å². The Morgan fingerprint density at radius 3 is 2.58 bits per heavy atom. The van der Waals surface area contributed by atoms with Crippen LogP contribution in [-0.4, -0.2) is 29.7 Å². The number of nitrogens with one attached hydrogen (secondary N) is 2. The number of hydrogen-bond donors (Lipinski definition) is 3. The highest BCUT2D eigenvalue weighted by atomic mass is 16.3. The maximum Gasteiger partial charge on any atom is 0.241 e. The van der Waals surface area contributed by atoms with Crippen molar-refractivity contribution in [2.75, 3.05) is 11.9 Å². The van der Waals surface area contributed by atoms with E-state index in [2.05, 4.69) is 36.6 Å². The quantitative estimate of drug-likeness (QED) is 0.535. The van der Waals surface area contributed by atoms with Gasteiger partial charge in [-0.2, -0.15) is 0 Å². The molecule has 3 atom stereocenters. The number of hydrogen-bond acceptors (Lipinski definition) is 3. The van der Waals surface area contributed by atoms with Gasteiger partial charge in [-0.05, 0) is 49.4 Å². The molecule has 1 aliphatic heterocycles. The van der Waals surface area contributed by atoms with E-state index in [1.54, 1.807) is 0 Å². The lowest BCUT2D eigenvalue weighted by Crippen LogP contribution is -2.47. The lowest BCUT2D eigenvalue weighted by molar-refractivity contribution is -0.119. The molecule has 1 saturated heterocycles. The molecule has 0 bridgehead atoms. The molecule has 1 fully saturated rings. The third kappa shape index (κ3) is 7.08. The number of piperidine rings is 1. The molecule has 0 aliphatic carbocycles. The second kappa shape index (κ2) is 11.3. The zero-order chi connectivity index (χ0) is 18.8. The van der Waals surface area contributed by atoms with Crippen LogP contribution in [0.1, 0.15) is 83.1 Å². The largest absolute Gasteiger partial charge is 0.393 e. The van der Waals surface area contributed by atoms with Crippen LogP contribution in [0.25, 0.3) is 0 Å². The van der Waals surface area contributed by atoms with E-state index in [4.69, 9.17) is 0 Å². The van der Waals surface area contributed by atoms with Gasteiger partial charge in [-0.3, -0.25) is 4.79 Å². The average Bonchev–Trinajstić information content (AvgIpc) is 2.65. The third-order valence-corrected chi connectivity index (χ3v) is 5.43. The first-order valence-corrected chi connectivity index (χ1v) is 10.4. The average molecular weight is 361 g/mol. The Balaban J connectivity index is 1.73. The smallest absolute Gasteiger partial charge is 0.241 e. The number of aliphatic hydroxyl groups excluding tert-OH is 1. The minimum absolute atomic E-state index is 0.0587. The Labute approximate surface area is 158 Å². The van der Waals surface area contributed by atoms with E-state index in [9.17, 15) is 9.90 Å². The van der Waals surface area contributed by atoms with Gasteiger partial charge in [-0.25, -0.2) is 0 Å². The summed E-state index contributed by atoms with van der Waals surface area (Å²) in [5, 5.41) is 15.8. The van der Waals surface area contributed by atoms with Crippen LogP contribution in [0.4, 0.5) is 5.69 Å². The first-order valence-electron chi connectivity index (χ1n) is 10.4. The van der Waals surface area contributed by atoms with Gasteiger partial charge < -0.3 is 15.7 Å². The summed E-state index contributed by atoms with van der Waals surface area (Å²) < 4.78 is 0. The molecule has 3 unspecified atom stereocenters. The maximum atomic E-state index is 12.3. The van der Waals surface area contributed by atoms with Gasteiger partial charge in [0, 0.05) is 5.69 Å². The Kier molecular flexibility index (Phi) is 9.13. The van der Waals surface area contributed by atoms with Crippen molar-refractivity contribution in [3.05, 3.63) is 29.8 Å². The van der Waals surface area contributed by atoms with Crippen molar-refractivity contribution in [2.45, 2.75) is 89.7 Å². The molecule has 1 aliphatic rings. The van der Waals surface area contributed by atoms with Gasteiger partial charge in [0.25, 0.3) is 0 Å². The molecule has 146 valence electrons. The topological polar surface area (TPSA) is 61.4 Å². The molecule has 2 rings (SSSR count). The Bertz CT molecular complexity index is 529. The van der Waals surface area contributed by atoms with Crippen LogP contribution in [0.5, 0.6) is 0 Å². The van der Waals surface area contributed by atoms with E-state index >= 15 is 0 Å². The molecule has 4 nitrogen and oxygen atoms in total. The first kappa shape index (κ1) is 20.9. The van der Waals surface area contributed by atoms with Crippen molar-refractivity contribution in [2.24, 2.45) is 0 Å². The van der Waals surface area contributed by atoms with E-state index in [0.717, 1.165) is 12.1 Å². The first-order chi connectivity index (χ1) is 12.6. The van der Waals surface area contributed by atoms with Gasteiger partial charge in [0.1, 0.15) is 0 Å². The molecule has 0 saturated carbocycles. The Morgan fingerprint density at radius 2 is 1.88 bits per heavy atom. The van der Waals surface area contributed by atoms with Crippen LogP contribution in [0.3, 0.4) is 0 Å². The lowest BCUT2D eigenvalue weighted by Gasteiger charge is -2.26. The van der Waals surface area contributed by atoms with Gasteiger partial charge in [-0.1, -0.05) is 64.5 Å². The van der Waals surface area contributed by atoms with Crippen LogP contribution >= 0.6 is 0 Å². The van der Waals surface area contributed by atoms with E-state index in [-0.39, 0.29) is 18.1 Å². The summed E-state index contributed by atoms with van der Waals surface area (Å²) in [7, 11) is 0. The highest BCUT2D eigenvalue weighted by Gasteiger charge is 2.25. The molecular formula is C22H36N2O2. The van der Waals surface area contributed by atoms with Crippen LogP contribution in [0, 0.1) is 0 Å². The fraction of sp³-hybridized carbons (Fsp3) is 0.682. The predicted octanol–water partition coefficient (Wildman–Crippen LogP) is 4.59. The van der Waals surface area contributed by atoms with Crippen molar-refractivity contribution >= 4 is 11.6 Å². The lowest BCUT2D eigenvalue weighted by atomic mass is 9.94. The summed E-state index contributed by atoms with van der Waals surface area (Å²) in [6.45, 7) is 5.23. The van der Waals surface area contributed by atoms with E-state index in [1.807, 2.05) is 12.1 Å². The Hall–Kier alpha value is -1.39. The maximum absolute atomic E-state index is 12.3. The highest BCUT2D eigenvalue weighted by molar-refractivity contribution is 5.94. The van der Waals surface area contributed by atoms with Gasteiger partial charge >= 0.3 is 0 Å². The van der Waals surface area contributed by atoms with Crippen LogP contribution in [0.15, 0.2) is 24.3 Å². The monoisotopic (exact) mass is 360 g/mol. The number of aliphatic hydroxyl groups is 1. The normalized spacial score (nSPS) is 21.3. The number of amides is 1. The number of benzene rings is 1. The number of unbranched alkanes of at least 4 members (excludes halogenated alkanes) is 5. The van der Waals surface area contributed by atoms with Gasteiger partial charge in [-0.15, -0.1) is 0 Å². The van der Waals surface area contributed by atoms with Crippen molar-refractivity contribution in [1.82, 2.24) is 5.32 Å². The summed E-state index contributed by atoms with van der Waals surface area (Å²) in [5.74, 6) is 0.498. The predicted molar refractivity (Wildman–Crippen MR) is 109 cm³/mol. The van der Waals surface area contributed by atoms with E-state index in [0.29, 0.717) is 18.9 Å². The summed E-state index contributed by atoms with van der Waals surface area (Å²) in [6, 6.07) is 7.93. The number of rotatable bonds is 10. The molecule has 4 heteroatoms. The molecule has 1 heterocycles. The molecule has 1 aromatic rings. The summed E-state index contributed by atoms with van der Waals surface area (Å²) in [5.41, 5.74) is 2.16. The molecule has 26 heavy (non-hydrogen) atoms. The summed E-state index contributed by atoms with van der Waals surface area (Å²) in [4.78, 5) is 12.3. The molecule has 1 aromatic carbocycles.